The van der Waals surface area contributed by atoms with E-state index in [1.54, 1.807) is 0 Å². The first kappa shape index (κ1) is 15.1. The van der Waals surface area contributed by atoms with Crippen molar-refractivity contribution in [3.63, 3.8) is 0 Å². The number of hydrogen-bond acceptors (Lipinski definition) is 5. The minimum atomic E-state index is -1.14. The number of carbonyl (C=O) groups is 1. The SMILES string of the molecule is O=C(O)/C=C/c1ccc(Oc2ccc([N+](=O)[O-])cn2)c(F)c1. The third-order valence-corrected chi connectivity index (χ3v) is 2.52. The summed E-state index contributed by atoms with van der Waals surface area (Å²) in [5, 5.41) is 19.0. The Bertz CT molecular complexity index is 743. The molecule has 8 heteroatoms. The molecule has 112 valence electrons. The average Bonchev–Trinajstić information content (AvgIpc) is 2.48. The van der Waals surface area contributed by atoms with Gasteiger partial charge >= 0.3 is 5.97 Å². The van der Waals surface area contributed by atoms with Gasteiger partial charge in [-0.1, -0.05) is 6.07 Å². The Labute approximate surface area is 123 Å². The molecule has 0 saturated heterocycles. The number of ether oxygens (including phenoxy) is 1. The normalized spacial score (nSPS) is 10.6. The predicted octanol–water partition coefficient (Wildman–Crippen LogP) is 3.02. The molecule has 0 fully saturated rings. The quantitative estimate of drug-likeness (QED) is 0.517. The maximum atomic E-state index is 13.8. The van der Waals surface area contributed by atoms with Gasteiger partial charge in [-0.2, -0.15) is 0 Å². The van der Waals surface area contributed by atoms with Crippen molar-refractivity contribution in [2.24, 2.45) is 0 Å². The second kappa shape index (κ2) is 6.44. The minimum absolute atomic E-state index is 0.00155. The summed E-state index contributed by atoms with van der Waals surface area (Å²) in [4.78, 5) is 24.0. The first-order valence-electron chi connectivity index (χ1n) is 5.94. The van der Waals surface area contributed by atoms with Crippen molar-refractivity contribution < 1.29 is 24.0 Å². The number of halogens is 1. The van der Waals surface area contributed by atoms with Gasteiger partial charge in [0.25, 0.3) is 5.69 Å². The number of pyridine rings is 1. The van der Waals surface area contributed by atoms with Crippen molar-refractivity contribution >= 4 is 17.7 Å². The third kappa shape index (κ3) is 3.85. The molecule has 22 heavy (non-hydrogen) atoms. The topological polar surface area (TPSA) is 103 Å². The predicted molar refractivity (Wildman–Crippen MR) is 74.0 cm³/mol. The third-order valence-electron chi connectivity index (χ3n) is 2.52. The molecule has 2 aromatic rings. The van der Waals surface area contributed by atoms with Crippen molar-refractivity contribution in [1.82, 2.24) is 4.98 Å². The van der Waals surface area contributed by atoms with Crippen molar-refractivity contribution in [2.75, 3.05) is 0 Å². The molecule has 0 aliphatic heterocycles. The van der Waals surface area contributed by atoms with E-state index in [2.05, 4.69) is 4.98 Å². The zero-order valence-electron chi connectivity index (χ0n) is 11.0. The number of carboxylic acid groups (broad SMARTS) is 1. The first-order chi connectivity index (χ1) is 10.5. The molecule has 1 N–H and O–H groups in total. The molecule has 0 unspecified atom stereocenters. The molecule has 2 rings (SSSR count). The van der Waals surface area contributed by atoms with E-state index in [4.69, 9.17) is 9.84 Å². The number of carboxylic acids is 1. The number of nitro groups is 1. The summed E-state index contributed by atoms with van der Waals surface area (Å²) < 4.78 is 19.0. The molecule has 0 radical (unpaired) electrons. The van der Waals surface area contributed by atoms with Crippen LogP contribution in [0.2, 0.25) is 0 Å². The molecule has 7 nitrogen and oxygen atoms in total. The number of rotatable bonds is 5. The van der Waals surface area contributed by atoms with E-state index >= 15 is 0 Å². The monoisotopic (exact) mass is 304 g/mol. The Kier molecular flexibility index (Phi) is 4.42. The van der Waals surface area contributed by atoms with E-state index in [-0.39, 0.29) is 17.3 Å². The number of aromatic nitrogens is 1. The number of aliphatic carboxylic acids is 1. The fraction of sp³-hybridized carbons (Fsp3) is 0. The fourth-order valence-corrected chi connectivity index (χ4v) is 1.52. The molecule has 0 aliphatic rings. The summed E-state index contributed by atoms with van der Waals surface area (Å²) in [5.74, 6) is -1.99. The standard InChI is InChI=1S/C14H9FN2O5/c15-11-7-9(2-6-14(18)19)1-4-12(11)22-13-5-3-10(8-16-13)17(20)21/h1-8H,(H,18,19)/b6-2+. The molecule has 0 amide bonds. The van der Waals surface area contributed by atoms with Crippen LogP contribution in [-0.2, 0) is 4.79 Å². The summed E-state index contributed by atoms with van der Waals surface area (Å²) >= 11 is 0. The van der Waals surface area contributed by atoms with Crippen LogP contribution in [0.1, 0.15) is 5.56 Å². The van der Waals surface area contributed by atoms with Gasteiger partial charge < -0.3 is 9.84 Å². The van der Waals surface area contributed by atoms with E-state index in [1.807, 2.05) is 0 Å². The van der Waals surface area contributed by atoms with Crippen LogP contribution in [0.5, 0.6) is 11.6 Å². The smallest absolute Gasteiger partial charge is 0.328 e. The van der Waals surface area contributed by atoms with Gasteiger partial charge in [-0.25, -0.2) is 14.2 Å². The maximum Gasteiger partial charge on any atom is 0.328 e. The molecule has 0 bridgehead atoms. The van der Waals surface area contributed by atoms with Crippen LogP contribution in [0.25, 0.3) is 6.08 Å². The van der Waals surface area contributed by atoms with E-state index in [1.165, 1.54) is 30.3 Å². The van der Waals surface area contributed by atoms with E-state index in [0.29, 0.717) is 5.56 Å². The van der Waals surface area contributed by atoms with Gasteiger partial charge in [-0.15, -0.1) is 0 Å². The summed E-state index contributed by atoms with van der Waals surface area (Å²) in [6.45, 7) is 0. The lowest BCUT2D eigenvalue weighted by molar-refractivity contribution is -0.385. The van der Waals surface area contributed by atoms with Crippen molar-refractivity contribution in [2.45, 2.75) is 0 Å². The summed E-state index contributed by atoms with van der Waals surface area (Å²) in [7, 11) is 0. The molecule has 0 aliphatic carbocycles. The molecular weight excluding hydrogens is 295 g/mol. The zero-order chi connectivity index (χ0) is 16.1. The van der Waals surface area contributed by atoms with E-state index in [9.17, 15) is 19.3 Å². The van der Waals surface area contributed by atoms with Gasteiger partial charge in [0.05, 0.1) is 4.92 Å². The van der Waals surface area contributed by atoms with Gasteiger partial charge in [0, 0.05) is 18.2 Å². The lowest BCUT2D eigenvalue weighted by Gasteiger charge is -2.06. The summed E-state index contributed by atoms with van der Waals surface area (Å²) in [6.07, 6.45) is 3.11. The van der Waals surface area contributed by atoms with Crippen molar-refractivity contribution in [3.8, 4) is 11.6 Å². The highest BCUT2D eigenvalue weighted by Crippen LogP contribution is 2.25. The number of nitrogens with zero attached hydrogens (tertiary/aromatic N) is 2. The number of hydrogen-bond donors (Lipinski definition) is 1. The highest BCUT2D eigenvalue weighted by Gasteiger charge is 2.09. The lowest BCUT2D eigenvalue weighted by Crippen LogP contribution is -1.93. The van der Waals surface area contributed by atoms with E-state index in [0.717, 1.165) is 18.3 Å². The molecule has 1 aromatic heterocycles. The Morgan fingerprint density at radius 1 is 1.36 bits per heavy atom. The second-order valence-corrected chi connectivity index (χ2v) is 4.08. The summed E-state index contributed by atoms with van der Waals surface area (Å²) in [5.41, 5.74) is 0.144. The maximum absolute atomic E-state index is 13.8. The Balaban J connectivity index is 2.16. The molecule has 0 spiro atoms. The van der Waals surface area contributed by atoms with Crippen LogP contribution in [0, 0.1) is 15.9 Å². The fourth-order valence-electron chi connectivity index (χ4n) is 1.52. The van der Waals surface area contributed by atoms with Crippen molar-refractivity contribution in [1.29, 1.82) is 0 Å². The Morgan fingerprint density at radius 3 is 2.68 bits per heavy atom. The van der Waals surface area contributed by atoms with Gasteiger partial charge in [-0.05, 0) is 23.8 Å². The Morgan fingerprint density at radius 2 is 2.14 bits per heavy atom. The molecule has 1 aromatic carbocycles. The molecule has 0 saturated carbocycles. The number of benzene rings is 1. The van der Waals surface area contributed by atoms with E-state index < -0.39 is 16.7 Å². The van der Waals surface area contributed by atoms with Crippen molar-refractivity contribution in [3.05, 3.63) is 64.1 Å². The average molecular weight is 304 g/mol. The zero-order valence-corrected chi connectivity index (χ0v) is 11.0. The Hall–Kier alpha value is -3.29. The molecular formula is C14H9FN2O5. The van der Waals surface area contributed by atoms with Crippen LogP contribution in [0.4, 0.5) is 10.1 Å². The van der Waals surface area contributed by atoms with Crippen LogP contribution < -0.4 is 4.74 Å². The highest BCUT2D eigenvalue weighted by atomic mass is 19.1. The van der Waals surface area contributed by atoms with Gasteiger partial charge in [0.1, 0.15) is 6.20 Å². The summed E-state index contributed by atoms with van der Waals surface area (Å²) in [6, 6.07) is 6.30. The highest BCUT2D eigenvalue weighted by molar-refractivity contribution is 5.85. The molecule has 0 atom stereocenters. The largest absolute Gasteiger partial charge is 0.478 e. The van der Waals surface area contributed by atoms with Crippen LogP contribution >= 0.6 is 0 Å². The molecule has 1 heterocycles. The van der Waals surface area contributed by atoms with Gasteiger partial charge in [0.15, 0.2) is 11.6 Å². The second-order valence-electron chi connectivity index (χ2n) is 4.08. The van der Waals surface area contributed by atoms with Gasteiger partial charge in [0.2, 0.25) is 5.88 Å². The van der Waals surface area contributed by atoms with Gasteiger partial charge in [-0.3, -0.25) is 10.1 Å². The minimum Gasteiger partial charge on any atom is -0.478 e. The van der Waals surface area contributed by atoms with Crippen LogP contribution in [-0.4, -0.2) is 21.0 Å². The van der Waals surface area contributed by atoms with Crippen LogP contribution in [0.15, 0.2) is 42.6 Å². The lowest BCUT2D eigenvalue weighted by atomic mass is 10.2. The first-order valence-corrected chi connectivity index (χ1v) is 5.94. The van der Waals surface area contributed by atoms with Crippen LogP contribution in [0.3, 0.4) is 0 Å².